The average molecular weight is 360 g/mol. The van der Waals surface area contributed by atoms with Gasteiger partial charge in [0.05, 0.1) is 5.56 Å². The van der Waals surface area contributed by atoms with Crippen LogP contribution in [0.2, 0.25) is 5.02 Å². The minimum Gasteiger partial charge on any atom is -0.348 e. The highest BCUT2D eigenvalue weighted by molar-refractivity contribution is 9.10. The van der Waals surface area contributed by atoms with Crippen LogP contribution >= 0.6 is 27.5 Å². The van der Waals surface area contributed by atoms with E-state index >= 15 is 0 Å². The summed E-state index contributed by atoms with van der Waals surface area (Å²) < 4.78 is 0.659. The van der Waals surface area contributed by atoms with Gasteiger partial charge in [0.25, 0.3) is 5.91 Å². The molecule has 1 aliphatic heterocycles. The largest absolute Gasteiger partial charge is 0.348 e. The van der Waals surface area contributed by atoms with Gasteiger partial charge in [0.15, 0.2) is 0 Å². The second kappa shape index (κ2) is 6.59. The van der Waals surface area contributed by atoms with Gasteiger partial charge in [-0.05, 0) is 47.5 Å². The molecule has 1 aliphatic rings. The molecule has 1 aromatic rings. The molecule has 108 valence electrons. The summed E-state index contributed by atoms with van der Waals surface area (Å²) in [5, 5.41) is 3.47. The maximum Gasteiger partial charge on any atom is 0.252 e. The Morgan fingerprint density at radius 2 is 2.30 bits per heavy atom. The third-order valence-corrected chi connectivity index (χ3v) is 4.11. The molecule has 20 heavy (non-hydrogen) atoms. The number of hydrogen-bond acceptors (Lipinski definition) is 2. The Hall–Kier alpha value is -1.07. The summed E-state index contributed by atoms with van der Waals surface area (Å²) in [7, 11) is 0. The molecule has 1 unspecified atom stereocenters. The van der Waals surface area contributed by atoms with Crippen LogP contribution < -0.4 is 5.32 Å². The number of halogens is 2. The maximum absolute atomic E-state index is 12.2. The summed E-state index contributed by atoms with van der Waals surface area (Å²) in [5.74, 6) is -0.00791. The van der Waals surface area contributed by atoms with Gasteiger partial charge in [0.1, 0.15) is 0 Å². The van der Waals surface area contributed by atoms with Crippen LogP contribution in [0, 0.1) is 0 Å². The van der Waals surface area contributed by atoms with E-state index < -0.39 is 0 Å². The summed E-state index contributed by atoms with van der Waals surface area (Å²) in [5.41, 5.74) is 0.536. The van der Waals surface area contributed by atoms with Crippen molar-refractivity contribution in [1.82, 2.24) is 10.2 Å². The first-order valence-electron chi connectivity index (χ1n) is 6.51. The fraction of sp³-hybridized carbons (Fsp3) is 0.429. The second-order valence-corrected chi connectivity index (χ2v) is 6.23. The van der Waals surface area contributed by atoms with Crippen molar-refractivity contribution in [1.29, 1.82) is 0 Å². The number of amides is 2. The Balaban J connectivity index is 1.95. The number of hydrogen-bond donors (Lipinski definition) is 1. The van der Waals surface area contributed by atoms with E-state index in [0.29, 0.717) is 28.0 Å². The van der Waals surface area contributed by atoms with Crippen molar-refractivity contribution in [2.24, 2.45) is 0 Å². The number of likely N-dealkylation sites (tertiary alicyclic amines) is 1. The van der Waals surface area contributed by atoms with Crippen molar-refractivity contribution in [2.75, 3.05) is 13.1 Å². The molecule has 1 N–H and O–H groups in total. The lowest BCUT2D eigenvalue weighted by Crippen LogP contribution is -2.42. The second-order valence-electron chi connectivity index (χ2n) is 4.94. The van der Waals surface area contributed by atoms with E-state index in [1.165, 1.54) is 0 Å². The molecule has 0 aromatic heterocycles. The zero-order valence-electron chi connectivity index (χ0n) is 11.2. The smallest absolute Gasteiger partial charge is 0.252 e. The fourth-order valence-corrected chi connectivity index (χ4v) is 3.11. The lowest BCUT2D eigenvalue weighted by Gasteiger charge is -2.21. The van der Waals surface area contributed by atoms with Gasteiger partial charge in [0.2, 0.25) is 5.91 Å². The Morgan fingerprint density at radius 3 is 2.90 bits per heavy atom. The van der Waals surface area contributed by atoms with Crippen LogP contribution in [0.15, 0.2) is 22.7 Å². The van der Waals surface area contributed by atoms with Crippen LogP contribution in [0.25, 0.3) is 0 Å². The number of nitrogens with zero attached hydrogens (tertiary/aromatic N) is 1. The van der Waals surface area contributed by atoms with E-state index in [1.54, 1.807) is 23.1 Å². The molecule has 1 heterocycles. The zero-order valence-corrected chi connectivity index (χ0v) is 13.5. The first-order valence-corrected chi connectivity index (χ1v) is 7.68. The Labute approximate surface area is 131 Å². The molecule has 0 bridgehead atoms. The zero-order chi connectivity index (χ0) is 14.7. The number of carbonyl (C=O) groups excluding carboxylic acids is 2. The number of carbonyl (C=O) groups is 2. The number of benzene rings is 1. The topological polar surface area (TPSA) is 49.4 Å². The predicted molar refractivity (Wildman–Crippen MR) is 81.9 cm³/mol. The molecule has 2 amide bonds. The molecule has 4 nitrogen and oxygen atoms in total. The molecule has 1 atom stereocenters. The van der Waals surface area contributed by atoms with Crippen LogP contribution in [-0.4, -0.2) is 35.8 Å². The predicted octanol–water partition coefficient (Wildman–Crippen LogP) is 2.84. The standard InChI is InChI=1S/C14H16BrClN2O2/c1-9(8-18-6-2-3-13(18)19)17-14(20)11-5-4-10(16)7-12(11)15/h4-5,7,9H,2-3,6,8H2,1H3,(H,17,20). The highest BCUT2D eigenvalue weighted by Crippen LogP contribution is 2.21. The van der Waals surface area contributed by atoms with Crippen molar-refractivity contribution in [3.05, 3.63) is 33.3 Å². The van der Waals surface area contributed by atoms with Gasteiger partial charge < -0.3 is 10.2 Å². The Morgan fingerprint density at radius 1 is 1.55 bits per heavy atom. The van der Waals surface area contributed by atoms with E-state index in [0.717, 1.165) is 13.0 Å². The third kappa shape index (κ3) is 3.73. The number of nitrogens with one attached hydrogen (secondary N) is 1. The van der Waals surface area contributed by atoms with Crippen molar-refractivity contribution < 1.29 is 9.59 Å². The van der Waals surface area contributed by atoms with Crippen LogP contribution in [0.1, 0.15) is 30.1 Å². The summed E-state index contributed by atoms with van der Waals surface area (Å²) >= 11 is 9.18. The first-order chi connectivity index (χ1) is 9.47. The van der Waals surface area contributed by atoms with Crippen molar-refractivity contribution in [2.45, 2.75) is 25.8 Å². The van der Waals surface area contributed by atoms with Gasteiger partial charge in [-0.3, -0.25) is 9.59 Å². The molecule has 1 fully saturated rings. The Kier molecular flexibility index (Phi) is 5.05. The molecule has 0 radical (unpaired) electrons. The monoisotopic (exact) mass is 358 g/mol. The highest BCUT2D eigenvalue weighted by atomic mass is 79.9. The van der Waals surface area contributed by atoms with Gasteiger partial charge in [-0.1, -0.05) is 11.6 Å². The van der Waals surface area contributed by atoms with Crippen molar-refractivity contribution in [3.8, 4) is 0 Å². The molecule has 1 saturated heterocycles. The molecular formula is C14H16BrClN2O2. The van der Waals surface area contributed by atoms with E-state index in [9.17, 15) is 9.59 Å². The van der Waals surface area contributed by atoms with E-state index in [2.05, 4.69) is 21.2 Å². The molecule has 2 rings (SSSR count). The quantitative estimate of drug-likeness (QED) is 0.898. The Bertz CT molecular complexity index is 536. The average Bonchev–Trinajstić information content (AvgIpc) is 2.74. The SMILES string of the molecule is CC(CN1CCCC1=O)NC(=O)c1ccc(Cl)cc1Br. The molecular weight excluding hydrogens is 344 g/mol. The van der Waals surface area contributed by atoms with Crippen molar-refractivity contribution in [3.63, 3.8) is 0 Å². The van der Waals surface area contributed by atoms with E-state index in [4.69, 9.17) is 11.6 Å². The van der Waals surface area contributed by atoms with Crippen LogP contribution in [0.5, 0.6) is 0 Å². The lowest BCUT2D eigenvalue weighted by atomic mass is 10.2. The van der Waals surface area contributed by atoms with E-state index in [-0.39, 0.29) is 17.9 Å². The molecule has 0 saturated carbocycles. The maximum atomic E-state index is 12.2. The summed E-state index contributed by atoms with van der Waals surface area (Å²) in [4.78, 5) is 25.5. The van der Waals surface area contributed by atoms with Crippen LogP contribution in [0.4, 0.5) is 0 Å². The van der Waals surface area contributed by atoms with Gasteiger partial charge in [-0.2, -0.15) is 0 Å². The number of rotatable bonds is 4. The summed E-state index contributed by atoms with van der Waals surface area (Å²) in [6.07, 6.45) is 1.52. The molecule has 0 spiro atoms. The van der Waals surface area contributed by atoms with Crippen LogP contribution in [-0.2, 0) is 4.79 Å². The minimum atomic E-state index is -0.173. The van der Waals surface area contributed by atoms with E-state index in [1.807, 2.05) is 6.92 Å². The van der Waals surface area contributed by atoms with Gasteiger partial charge in [-0.25, -0.2) is 0 Å². The van der Waals surface area contributed by atoms with Gasteiger partial charge >= 0.3 is 0 Å². The van der Waals surface area contributed by atoms with Gasteiger partial charge in [0, 0.05) is 35.0 Å². The highest BCUT2D eigenvalue weighted by Gasteiger charge is 2.22. The van der Waals surface area contributed by atoms with Crippen molar-refractivity contribution >= 4 is 39.3 Å². The fourth-order valence-electron chi connectivity index (χ4n) is 2.25. The normalized spacial score (nSPS) is 16.4. The summed E-state index contributed by atoms with van der Waals surface area (Å²) in [6, 6.07) is 4.95. The third-order valence-electron chi connectivity index (χ3n) is 3.22. The van der Waals surface area contributed by atoms with Gasteiger partial charge in [-0.15, -0.1) is 0 Å². The molecule has 0 aliphatic carbocycles. The molecule has 1 aromatic carbocycles. The minimum absolute atomic E-state index is 0.0906. The lowest BCUT2D eigenvalue weighted by molar-refractivity contribution is -0.127. The summed E-state index contributed by atoms with van der Waals surface area (Å²) in [6.45, 7) is 3.23. The molecule has 6 heteroatoms. The first kappa shape index (κ1) is 15.3. The van der Waals surface area contributed by atoms with Crippen LogP contribution in [0.3, 0.4) is 0 Å².